The molecule has 3 nitrogen and oxygen atoms in total. The van der Waals surface area contributed by atoms with Crippen LogP contribution in [0.3, 0.4) is 0 Å². The van der Waals surface area contributed by atoms with Gasteiger partial charge in [-0.3, -0.25) is 4.79 Å². The molecule has 2 rings (SSSR count). The molecule has 0 aromatic heterocycles. The van der Waals surface area contributed by atoms with Crippen molar-refractivity contribution in [3.8, 4) is 0 Å². The molecule has 0 atom stereocenters. The Morgan fingerprint density at radius 1 is 1.04 bits per heavy atom. The minimum absolute atomic E-state index is 0.0924. The molecule has 1 amide bonds. The lowest BCUT2D eigenvalue weighted by Gasteiger charge is -2.13. The Hall–Kier alpha value is -2.34. The second kappa shape index (κ2) is 8.16. The fraction of sp³-hybridized carbons (Fsp3) is 0.316. The van der Waals surface area contributed by atoms with Gasteiger partial charge in [0.2, 0.25) is 0 Å². The van der Waals surface area contributed by atoms with Gasteiger partial charge in [-0.1, -0.05) is 24.3 Å². The third-order valence-electron chi connectivity index (χ3n) is 3.60. The summed E-state index contributed by atoms with van der Waals surface area (Å²) in [6.07, 6.45) is -4.32. The second-order valence-electron chi connectivity index (χ2n) is 5.89. The van der Waals surface area contributed by atoms with Crippen molar-refractivity contribution >= 4 is 5.91 Å². The van der Waals surface area contributed by atoms with Crippen molar-refractivity contribution in [1.29, 1.82) is 0 Å². The lowest BCUT2D eigenvalue weighted by atomic mass is 10.1. The molecule has 0 saturated carbocycles. The van der Waals surface area contributed by atoms with Gasteiger partial charge in [0.05, 0.1) is 18.3 Å². The third kappa shape index (κ3) is 5.60. The van der Waals surface area contributed by atoms with Gasteiger partial charge in [-0.05, 0) is 49.2 Å². The molecule has 2 aromatic rings. The second-order valence-corrected chi connectivity index (χ2v) is 5.89. The van der Waals surface area contributed by atoms with Crippen molar-refractivity contribution in [3.63, 3.8) is 0 Å². The van der Waals surface area contributed by atoms with Crippen molar-refractivity contribution in [2.75, 3.05) is 0 Å². The van der Waals surface area contributed by atoms with Crippen LogP contribution in [0.15, 0.2) is 48.5 Å². The summed E-state index contributed by atoms with van der Waals surface area (Å²) in [7, 11) is 0. The summed E-state index contributed by atoms with van der Waals surface area (Å²) in [5.41, 5.74) is 1.27. The minimum Gasteiger partial charge on any atom is -0.374 e. The maximum atomic E-state index is 12.6. The first-order valence-electron chi connectivity index (χ1n) is 7.91. The summed E-state index contributed by atoms with van der Waals surface area (Å²) in [5.74, 6) is -0.423. The minimum atomic E-state index is -4.41. The zero-order chi connectivity index (χ0) is 18.4. The van der Waals surface area contributed by atoms with Gasteiger partial charge < -0.3 is 10.1 Å². The molecule has 134 valence electrons. The van der Waals surface area contributed by atoms with Crippen molar-refractivity contribution in [3.05, 3.63) is 70.8 Å². The lowest BCUT2D eigenvalue weighted by Crippen LogP contribution is -2.23. The quantitative estimate of drug-likeness (QED) is 0.828. The number of alkyl halides is 3. The molecule has 0 heterocycles. The molecule has 25 heavy (non-hydrogen) atoms. The van der Waals surface area contributed by atoms with Crippen molar-refractivity contribution < 1.29 is 22.7 Å². The highest BCUT2D eigenvalue weighted by atomic mass is 19.4. The number of nitrogens with one attached hydrogen (secondary N) is 1. The van der Waals surface area contributed by atoms with Crippen LogP contribution in [0.2, 0.25) is 0 Å². The van der Waals surface area contributed by atoms with Crippen LogP contribution >= 0.6 is 0 Å². The lowest BCUT2D eigenvalue weighted by molar-refractivity contribution is -0.137. The van der Waals surface area contributed by atoms with Gasteiger partial charge in [-0.25, -0.2) is 0 Å². The zero-order valence-corrected chi connectivity index (χ0v) is 14.1. The van der Waals surface area contributed by atoms with Crippen LogP contribution in [0.4, 0.5) is 13.2 Å². The first-order valence-corrected chi connectivity index (χ1v) is 7.91. The van der Waals surface area contributed by atoms with Crippen molar-refractivity contribution in [2.24, 2.45) is 0 Å². The molecule has 6 heteroatoms. The molecule has 0 radical (unpaired) electrons. The van der Waals surface area contributed by atoms with Crippen LogP contribution in [0.25, 0.3) is 0 Å². The maximum absolute atomic E-state index is 12.6. The fourth-order valence-corrected chi connectivity index (χ4v) is 2.22. The number of halogens is 3. The Balaban J connectivity index is 2.00. The number of rotatable bonds is 6. The number of amides is 1. The van der Waals surface area contributed by atoms with Gasteiger partial charge in [-0.15, -0.1) is 0 Å². The predicted octanol–water partition coefficient (Wildman–Crippen LogP) is 4.56. The first kappa shape index (κ1) is 19.0. The van der Waals surface area contributed by atoms with Crippen molar-refractivity contribution in [2.45, 2.75) is 39.3 Å². The molecule has 0 unspecified atom stereocenters. The van der Waals surface area contributed by atoms with E-state index < -0.39 is 17.6 Å². The van der Waals surface area contributed by atoms with Crippen LogP contribution in [0, 0.1) is 0 Å². The highest BCUT2D eigenvalue weighted by molar-refractivity contribution is 5.94. The summed E-state index contributed by atoms with van der Waals surface area (Å²) in [6.45, 7) is 4.59. The van der Waals surface area contributed by atoms with E-state index in [4.69, 9.17) is 4.74 Å². The van der Waals surface area contributed by atoms with E-state index in [1.165, 1.54) is 12.1 Å². The average molecular weight is 351 g/mol. The fourth-order valence-electron chi connectivity index (χ4n) is 2.22. The molecule has 0 spiro atoms. The summed E-state index contributed by atoms with van der Waals surface area (Å²) in [6, 6.07) is 11.7. The molecule has 0 aliphatic rings. The Kier molecular flexibility index (Phi) is 6.20. The Morgan fingerprint density at radius 2 is 1.64 bits per heavy atom. The molecular formula is C19H20F3NO2. The van der Waals surface area contributed by atoms with Gasteiger partial charge in [0.25, 0.3) is 5.91 Å². The zero-order valence-electron chi connectivity index (χ0n) is 14.1. The van der Waals surface area contributed by atoms with Crippen LogP contribution in [-0.2, 0) is 24.1 Å². The van der Waals surface area contributed by atoms with E-state index in [-0.39, 0.29) is 18.2 Å². The third-order valence-corrected chi connectivity index (χ3v) is 3.60. The monoisotopic (exact) mass is 351 g/mol. The smallest absolute Gasteiger partial charge is 0.374 e. The molecule has 1 N–H and O–H groups in total. The summed E-state index contributed by atoms with van der Waals surface area (Å²) in [5, 5.41) is 2.73. The summed E-state index contributed by atoms with van der Waals surface area (Å²) in [4.78, 5) is 12.1. The summed E-state index contributed by atoms with van der Waals surface area (Å²) >= 11 is 0. The highest BCUT2D eigenvalue weighted by Crippen LogP contribution is 2.29. The van der Waals surface area contributed by atoms with Gasteiger partial charge >= 0.3 is 6.18 Å². The van der Waals surface area contributed by atoms with E-state index >= 15 is 0 Å². The van der Waals surface area contributed by atoms with E-state index in [0.29, 0.717) is 6.61 Å². The number of hydrogen-bond acceptors (Lipinski definition) is 2. The SMILES string of the molecule is CC(C)OCc1ccccc1CNC(=O)c1ccc(C(F)(F)F)cc1. The van der Waals surface area contributed by atoms with Gasteiger partial charge in [0.15, 0.2) is 0 Å². The highest BCUT2D eigenvalue weighted by Gasteiger charge is 2.30. The van der Waals surface area contributed by atoms with Crippen LogP contribution < -0.4 is 5.32 Å². The van der Waals surface area contributed by atoms with Gasteiger partial charge in [0.1, 0.15) is 0 Å². The number of carbonyl (C=O) groups is 1. The Bertz CT molecular complexity index is 709. The molecule has 0 saturated heterocycles. The van der Waals surface area contributed by atoms with Crippen LogP contribution in [0.5, 0.6) is 0 Å². The maximum Gasteiger partial charge on any atom is 0.416 e. The van der Waals surface area contributed by atoms with Crippen LogP contribution in [-0.4, -0.2) is 12.0 Å². The van der Waals surface area contributed by atoms with E-state index in [2.05, 4.69) is 5.32 Å². The molecule has 0 bridgehead atoms. The summed E-state index contributed by atoms with van der Waals surface area (Å²) < 4.78 is 43.2. The topological polar surface area (TPSA) is 38.3 Å². The van der Waals surface area contributed by atoms with Gasteiger partial charge in [-0.2, -0.15) is 13.2 Å². The normalized spacial score (nSPS) is 11.6. The molecule has 0 aliphatic heterocycles. The van der Waals surface area contributed by atoms with E-state index in [1.54, 1.807) is 0 Å². The predicted molar refractivity (Wildman–Crippen MR) is 89.0 cm³/mol. The van der Waals surface area contributed by atoms with E-state index in [9.17, 15) is 18.0 Å². The molecule has 0 aliphatic carbocycles. The Labute approximate surface area is 144 Å². The van der Waals surface area contributed by atoms with E-state index in [1.807, 2.05) is 38.1 Å². The van der Waals surface area contributed by atoms with Gasteiger partial charge in [0, 0.05) is 12.1 Å². The largest absolute Gasteiger partial charge is 0.416 e. The van der Waals surface area contributed by atoms with Crippen molar-refractivity contribution in [1.82, 2.24) is 5.32 Å². The standard InChI is InChI=1S/C19H20F3NO2/c1-13(2)25-12-16-6-4-3-5-15(16)11-23-18(24)14-7-9-17(10-8-14)19(20,21)22/h3-10,13H,11-12H2,1-2H3,(H,23,24). The number of ether oxygens (including phenoxy) is 1. The van der Waals surface area contributed by atoms with Crippen LogP contribution in [0.1, 0.15) is 40.9 Å². The first-order chi connectivity index (χ1) is 11.8. The average Bonchev–Trinajstić information content (AvgIpc) is 2.57. The molecule has 0 fully saturated rings. The Morgan fingerprint density at radius 3 is 2.20 bits per heavy atom. The number of carbonyl (C=O) groups excluding carboxylic acids is 1. The number of benzene rings is 2. The molecule has 2 aromatic carbocycles. The molecular weight excluding hydrogens is 331 g/mol. The van der Waals surface area contributed by atoms with E-state index in [0.717, 1.165) is 23.3 Å². The number of hydrogen-bond donors (Lipinski definition) is 1.